The monoisotopic (exact) mass is 438 g/mol. The van der Waals surface area contributed by atoms with Crippen LogP contribution in [0.3, 0.4) is 0 Å². The van der Waals surface area contributed by atoms with E-state index >= 15 is 0 Å². The normalized spacial score (nSPS) is 10.7. The van der Waals surface area contributed by atoms with E-state index in [4.69, 9.17) is 0 Å². The first kappa shape index (κ1) is 19.9. The lowest BCUT2D eigenvalue weighted by atomic mass is 10.1. The number of pyridine rings is 1. The Morgan fingerprint density at radius 1 is 1.07 bits per heavy atom. The molecule has 0 bridgehead atoms. The van der Waals surface area contributed by atoms with Gasteiger partial charge < -0.3 is 10.6 Å². The molecule has 3 N–H and O–H groups in total. The highest BCUT2D eigenvalue weighted by Crippen LogP contribution is 2.25. The lowest BCUT2D eigenvalue weighted by molar-refractivity contribution is -0.116. The molecule has 0 saturated carbocycles. The number of carbonyl (C=O) groups is 2. The van der Waals surface area contributed by atoms with Crippen LogP contribution in [-0.4, -0.2) is 32.0 Å². The van der Waals surface area contributed by atoms with Gasteiger partial charge >= 0.3 is 0 Å². The van der Waals surface area contributed by atoms with Gasteiger partial charge in [-0.1, -0.05) is 6.07 Å². The Morgan fingerprint density at radius 3 is 2.63 bits per heavy atom. The van der Waals surface area contributed by atoms with Gasteiger partial charge in [-0.05, 0) is 30.5 Å². The smallest absolute Gasteiger partial charge is 0.231 e. The fourth-order valence-electron chi connectivity index (χ4n) is 2.84. The van der Waals surface area contributed by atoms with Crippen LogP contribution in [0.1, 0.15) is 16.1 Å². The van der Waals surface area contributed by atoms with Gasteiger partial charge in [-0.2, -0.15) is 5.10 Å². The second-order valence-corrected chi connectivity index (χ2v) is 8.37. The molecule has 4 aromatic heterocycles. The molecule has 0 fully saturated rings. The summed E-state index contributed by atoms with van der Waals surface area (Å²) in [5, 5.41) is 16.9. The predicted octanol–water partition coefficient (Wildman–Crippen LogP) is 3.66. The van der Waals surface area contributed by atoms with Crippen molar-refractivity contribution in [3.8, 4) is 11.3 Å². The molecular formula is C20H18N6O2S2. The molecule has 4 heterocycles. The first-order chi connectivity index (χ1) is 14.6. The van der Waals surface area contributed by atoms with E-state index in [0.29, 0.717) is 23.1 Å². The van der Waals surface area contributed by atoms with Crippen molar-refractivity contribution in [2.24, 2.45) is 0 Å². The van der Waals surface area contributed by atoms with Crippen molar-refractivity contribution in [2.45, 2.75) is 19.8 Å². The summed E-state index contributed by atoms with van der Waals surface area (Å²) < 4.78 is 0. The number of thiophene rings is 1. The molecule has 4 aromatic rings. The molecule has 8 nitrogen and oxygen atoms in total. The molecular weight excluding hydrogens is 420 g/mol. The highest BCUT2D eigenvalue weighted by molar-refractivity contribution is 7.14. The van der Waals surface area contributed by atoms with E-state index in [1.54, 1.807) is 17.8 Å². The average Bonchev–Trinajstić information content (AvgIpc) is 3.46. The molecule has 0 spiro atoms. The Labute approximate surface area is 180 Å². The van der Waals surface area contributed by atoms with E-state index in [-0.39, 0.29) is 18.2 Å². The molecule has 2 amide bonds. The second-order valence-electron chi connectivity index (χ2n) is 6.48. The van der Waals surface area contributed by atoms with E-state index < -0.39 is 0 Å². The summed E-state index contributed by atoms with van der Waals surface area (Å²) in [6, 6.07) is 7.57. The summed E-state index contributed by atoms with van der Waals surface area (Å²) >= 11 is 2.83. The maximum Gasteiger partial charge on any atom is 0.231 e. The van der Waals surface area contributed by atoms with E-state index in [2.05, 4.69) is 30.8 Å². The molecule has 10 heteroatoms. The van der Waals surface area contributed by atoms with Gasteiger partial charge in [-0.3, -0.25) is 19.7 Å². The van der Waals surface area contributed by atoms with Crippen LogP contribution in [-0.2, 0) is 22.4 Å². The van der Waals surface area contributed by atoms with Crippen molar-refractivity contribution in [2.75, 3.05) is 10.6 Å². The number of thiazole rings is 1. The van der Waals surface area contributed by atoms with Crippen molar-refractivity contribution in [1.29, 1.82) is 0 Å². The molecule has 0 aliphatic heterocycles. The Hall–Kier alpha value is -3.37. The first-order valence-corrected chi connectivity index (χ1v) is 10.9. The summed E-state index contributed by atoms with van der Waals surface area (Å²) in [4.78, 5) is 33.8. The summed E-state index contributed by atoms with van der Waals surface area (Å²) in [7, 11) is 0. The summed E-state index contributed by atoms with van der Waals surface area (Å²) in [6.07, 6.45) is 3.80. The third kappa shape index (κ3) is 4.78. The molecule has 152 valence electrons. The quantitative estimate of drug-likeness (QED) is 0.408. The Morgan fingerprint density at radius 2 is 1.87 bits per heavy atom. The average molecular weight is 439 g/mol. The molecule has 30 heavy (non-hydrogen) atoms. The fourth-order valence-corrected chi connectivity index (χ4v) is 4.27. The summed E-state index contributed by atoms with van der Waals surface area (Å²) in [5.74, 6) is 0.123. The van der Waals surface area contributed by atoms with Crippen molar-refractivity contribution < 1.29 is 9.59 Å². The lowest BCUT2D eigenvalue weighted by Crippen LogP contribution is -2.16. The van der Waals surface area contributed by atoms with Gasteiger partial charge in [0.1, 0.15) is 0 Å². The second kappa shape index (κ2) is 8.97. The minimum Gasteiger partial charge on any atom is -0.309 e. The van der Waals surface area contributed by atoms with Crippen LogP contribution < -0.4 is 10.6 Å². The molecule has 0 saturated heterocycles. The van der Waals surface area contributed by atoms with Crippen LogP contribution in [0.15, 0.2) is 47.4 Å². The number of aromatic nitrogens is 4. The van der Waals surface area contributed by atoms with Gasteiger partial charge in [0.2, 0.25) is 11.8 Å². The zero-order valence-electron chi connectivity index (χ0n) is 16.0. The van der Waals surface area contributed by atoms with E-state index in [9.17, 15) is 9.59 Å². The SMILES string of the molecule is Cc1c(NC(=O)Cc2csc(NC(=O)Cc3cccs3)n2)n[nH]c1-c1ccncc1. The number of hydrogen-bond donors (Lipinski definition) is 3. The Balaban J connectivity index is 1.34. The number of carbonyl (C=O) groups excluding carboxylic acids is 2. The number of H-pyrrole nitrogens is 1. The molecule has 0 atom stereocenters. The van der Waals surface area contributed by atoms with Gasteiger partial charge in [-0.15, -0.1) is 22.7 Å². The number of rotatable bonds is 7. The van der Waals surface area contributed by atoms with Crippen LogP contribution in [0.25, 0.3) is 11.3 Å². The maximum absolute atomic E-state index is 12.4. The standard InChI is InChI=1S/C20H18N6O2S2/c1-12-18(13-4-6-21-7-5-13)25-26-19(12)23-16(27)9-14-11-30-20(22-14)24-17(28)10-15-3-2-8-29-15/h2-8,11H,9-10H2,1H3,(H,22,24,28)(H2,23,25,26,27). The number of nitrogens with one attached hydrogen (secondary N) is 3. The van der Waals surface area contributed by atoms with Crippen molar-refractivity contribution in [3.63, 3.8) is 0 Å². The number of amides is 2. The highest BCUT2D eigenvalue weighted by atomic mass is 32.1. The van der Waals surface area contributed by atoms with Crippen LogP contribution >= 0.6 is 22.7 Å². The predicted molar refractivity (Wildman–Crippen MR) is 118 cm³/mol. The topological polar surface area (TPSA) is 113 Å². The Bertz CT molecular complexity index is 1150. The first-order valence-electron chi connectivity index (χ1n) is 9.10. The minimum absolute atomic E-state index is 0.0915. The lowest BCUT2D eigenvalue weighted by Gasteiger charge is -2.03. The molecule has 0 unspecified atom stereocenters. The largest absolute Gasteiger partial charge is 0.309 e. The van der Waals surface area contributed by atoms with Crippen molar-refractivity contribution in [3.05, 3.63) is 63.6 Å². The van der Waals surface area contributed by atoms with Crippen molar-refractivity contribution in [1.82, 2.24) is 20.2 Å². The van der Waals surface area contributed by atoms with Gasteiger partial charge in [0, 0.05) is 33.8 Å². The van der Waals surface area contributed by atoms with Gasteiger partial charge in [-0.25, -0.2) is 4.98 Å². The number of hydrogen-bond acceptors (Lipinski definition) is 7. The zero-order valence-corrected chi connectivity index (χ0v) is 17.6. The minimum atomic E-state index is -0.229. The van der Waals surface area contributed by atoms with Crippen molar-refractivity contribution >= 4 is 45.4 Å². The molecule has 4 rings (SSSR count). The zero-order chi connectivity index (χ0) is 20.9. The molecule has 0 aliphatic rings. The van der Waals surface area contributed by atoms with Crippen LogP contribution in [0.5, 0.6) is 0 Å². The summed E-state index contributed by atoms with van der Waals surface area (Å²) in [5.41, 5.74) is 3.20. The maximum atomic E-state index is 12.4. The van der Waals surface area contributed by atoms with Crippen LogP contribution in [0, 0.1) is 6.92 Å². The summed E-state index contributed by atoms with van der Waals surface area (Å²) in [6.45, 7) is 1.89. The van der Waals surface area contributed by atoms with Crippen LogP contribution in [0.4, 0.5) is 10.9 Å². The highest BCUT2D eigenvalue weighted by Gasteiger charge is 2.15. The van der Waals surface area contributed by atoms with E-state index in [0.717, 1.165) is 21.7 Å². The van der Waals surface area contributed by atoms with Gasteiger partial charge in [0.15, 0.2) is 10.9 Å². The van der Waals surface area contributed by atoms with Gasteiger partial charge in [0.05, 0.1) is 24.2 Å². The fraction of sp³-hybridized carbons (Fsp3) is 0.150. The third-order valence-electron chi connectivity index (χ3n) is 4.29. The number of nitrogens with zero attached hydrogens (tertiary/aromatic N) is 3. The van der Waals surface area contributed by atoms with E-state index in [1.165, 1.54) is 22.7 Å². The third-order valence-corrected chi connectivity index (χ3v) is 5.97. The Kier molecular flexibility index (Phi) is 5.96. The molecule has 0 aliphatic carbocycles. The van der Waals surface area contributed by atoms with Crippen LogP contribution in [0.2, 0.25) is 0 Å². The molecule has 0 radical (unpaired) electrons. The van der Waals surface area contributed by atoms with Gasteiger partial charge in [0.25, 0.3) is 0 Å². The number of aromatic amines is 1. The number of anilines is 2. The van der Waals surface area contributed by atoms with E-state index in [1.807, 2.05) is 36.6 Å². The molecule has 0 aromatic carbocycles.